The number of nitrogens with two attached hydrogens (primary N) is 1. The molecule has 5 heteroatoms. The Balaban J connectivity index is 2.21. The van der Waals surface area contributed by atoms with E-state index in [0.29, 0.717) is 22.2 Å². The highest BCUT2D eigenvalue weighted by molar-refractivity contribution is 7.84. The first-order valence-electron chi connectivity index (χ1n) is 5.47. The number of nitrogens with zero attached hydrogens (tertiary/aromatic N) is 1. The minimum absolute atomic E-state index is 0.350. The number of halogens is 1. The van der Waals surface area contributed by atoms with Gasteiger partial charge in [0.25, 0.3) is 0 Å². The molecule has 18 heavy (non-hydrogen) atoms. The van der Waals surface area contributed by atoms with Crippen LogP contribution >= 0.6 is 11.6 Å². The largest absolute Gasteiger partial charge is 0.325 e. The van der Waals surface area contributed by atoms with E-state index in [9.17, 15) is 4.21 Å². The van der Waals surface area contributed by atoms with Crippen LogP contribution in [0.25, 0.3) is 0 Å². The van der Waals surface area contributed by atoms with Crippen molar-refractivity contribution in [2.24, 2.45) is 5.73 Å². The van der Waals surface area contributed by atoms with Crippen LogP contribution in [0.4, 0.5) is 0 Å². The van der Waals surface area contributed by atoms with Crippen molar-refractivity contribution >= 4 is 22.4 Å². The Bertz CT molecular complexity index is 574. The highest BCUT2D eigenvalue weighted by Gasteiger charge is 2.09. The van der Waals surface area contributed by atoms with Crippen LogP contribution in [0, 0.1) is 0 Å². The van der Waals surface area contributed by atoms with Gasteiger partial charge >= 0.3 is 0 Å². The fourth-order valence-electron chi connectivity index (χ4n) is 1.62. The molecule has 1 unspecified atom stereocenters. The standard InChI is InChI=1S/C13H13ClN2OS/c14-11-4-1-5-12(7-11)18(17)9-10-3-2-6-16-13(10)8-15/h1-7H,8-9,15H2. The molecule has 0 aliphatic rings. The van der Waals surface area contributed by atoms with E-state index in [2.05, 4.69) is 4.98 Å². The third kappa shape index (κ3) is 3.16. The van der Waals surface area contributed by atoms with Crippen LogP contribution in [0.5, 0.6) is 0 Å². The molecule has 1 heterocycles. The molecule has 0 fully saturated rings. The van der Waals surface area contributed by atoms with Crippen molar-refractivity contribution in [1.29, 1.82) is 0 Å². The summed E-state index contributed by atoms with van der Waals surface area (Å²) in [5.74, 6) is 0.403. The van der Waals surface area contributed by atoms with Crippen molar-refractivity contribution in [2.75, 3.05) is 0 Å². The molecular formula is C13H13ClN2OS. The number of hydrogen-bond acceptors (Lipinski definition) is 3. The van der Waals surface area contributed by atoms with Crippen LogP contribution in [0.2, 0.25) is 5.02 Å². The van der Waals surface area contributed by atoms with Crippen molar-refractivity contribution in [1.82, 2.24) is 4.98 Å². The molecule has 1 atom stereocenters. The van der Waals surface area contributed by atoms with Gasteiger partial charge in [-0.05, 0) is 29.8 Å². The number of pyridine rings is 1. The molecule has 94 valence electrons. The van der Waals surface area contributed by atoms with Crippen LogP contribution in [0.1, 0.15) is 11.3 Å². The maximum Gasteiger partial charge on any atom is 0.0580 e. The quantitative estimate of drug-likeness (QED) is 0.936. The third-order valence-electron chi connectivity index (χ3n) is 2.52. The lowest BCUT2D eigenvalue weighted by Gasteiger charge is -2.06. The number of rotatable bonds is 4. The van der Waals surface area contributed by atoms with Gasteiger partial charge in [0.05, 0.1) is 22.2 Å². The molecular weight excluding hydrogens is 268 g/mol. The second-order valence-electron chi connectivity index (χ2n) is 3.76. The lowest BCUT2D eigenvalue weighted by molar-refractivity contribution is 0.682. The first-order valence-corrected chi connectivity index (χ1v) is 7.17. The van der Waals surface area contributed by atoms with Gasteiger partial charge in [-0.2, -0.15) is 0 Å². The first kappa shape index (κ1) is 13.2. The predicted octanol–water partition coefficient (Wildman–Crippen LogP) is 2.50. The minimum atomic E-state index is -1.14. The minimum Gasteiger partial charge on any atom is -0.325 e. The SMILES string of the molecule is NCc1ncccc1CS(=O)c1cccc(Cl)c1. The Hall–Kier alpha value is -1.23. The van der Waals surface area contributed by atoms with E-state index in [1.807, 2.05) is 12.1 Å². The van der Waals surface area contributed by atoms with Crippen molar-refractivity contribution in [3.63, 3.8) is 0 Å². The van der Waals surface area contributed by atoms with Gasteiger partial charge in [-0.15, -0.1) is 0 Å². The van der Waals surface area contributed by atoms with Gasteiger partial charge in [0.1, 0.15) is 0 Å². The summed E-state index contributed by atoms with van der Waals surface area (Å²) >= 11 is 5.88. The number of benzene rings is 1. The molecule has 2 aromatic rings. The Morgan fingerprint density at radius 2 is 2.11 bits per heavy atom. The summed E-state index contributed by atoms with van der Waals surface area (Å²) in [6, 6.07) is 10.8. The Morgan fingerprint density at radius 3 is 2.83 bits per heavy atom. The molecule has 3 nitrogen and oxygen atoms in total. The number of hydrogen-bond donors (Lipinski definition) is 1. The summed E-state index contributed by atoms with van der Waals surface area (Å²) in [4.78, 5) is 4.89. The second kappa shape index (κ2) is 6.09. The van der Waals surface area contributed by atoms with Crippen LogP contribution < -0.4 is 5.73 Å². The van der Waals surface area contributed by atoms with Crippen molar-refractivity contribution in [3.05, 3.63) is 58.9 Å². The second-order valence-corrected chi connectivity index (χ2v) is 5.65. The van der Waals surface area contributed by atoms with Gasteiger partial charge in [-0.1, -0.05) is 23.7 Å². The Morgan fingerprint density at radius 1 is 1.28 bits per heavy atom. The van der Waals surface area contributed by atoms with Gasteiger partial charge in [0.2, 0.25) is 0 Å². The van der Waals surface area contributed by atoms with Crippen molar-refractivity contribution < 1.29 is 4.21 Å². The van der Waals surface area contributed by atoms with Gasteiger partial charge in [0.15, 0.2) is 0 Å². The maximum absolute atomic E-state index is 12.2. The Labute approximate surface area is 113 Å². The van der Waals surface area contributed by atoms with E-state index < -0.39 is 10.8 Å². The number of aromatic nitrogens is 1. The molecule has 0 amide bonds. The summed E-state index contributed by atoms with van der Waals surface area (Å²) in [6.07, 6.45) is 1.69. The van der Waals surface area contributed by atoms with Gasteiger partial charge < -0.3 is 5.73 Å². The van der Waals surface area contributed by atoms with E-state index >= 15 is 0 Å². The lowest BCUT2D eigenvalue weighted by atomic mass is 10.2. The van der Waals surface area contributed by atoms with E-state index in [1.54, 1.807) is 30.5 Å². The van der Waals surface area contributed by atoms with E-state index in [-0.39, 0.29) is 0 Å². The zero-order chi connectivity index (χ0) is 13.0. The molecule has 2 N–H and O–H groups in total. The van der Waals surface area contributed by atoms with Crippen LogP contribution in [0.15, 0.2) is 47.5 Å². The Kier molecular flexibility index (Phi) is 4.47. The predicted molar refractivity (Wildman–Crippen MR) is 73.7 cm³/mol. The fourth-order valence-corrected chi connectivity index (χ4v) is 3.08. The smallest absolute Gasteiger partial charge is 0.0580 e. The molecule has 0 spiro atoms. The van der Waals surface area contributed by atoms with Crippen molar-refractivity contribution in [3.8, 4) is 0 Å². The van der Waals surface area contributed by atoms with Crippen LogP contribution in [0.3, 0.4) is 0 Å². The molecule has 0 aliphatic carbocycles. The monoisotopic (exact) mass is 280 g/mol. The summed E-state index contributed by atoms with van der Waals surface area (Å²) in [6.45, 7) is 0.350. The van der Waals surface area contributed by atoms with E-state index in [4.69, 9.17) is 17.3 Å². The zero-order valence-corrected chi connectivity index (χ0v) is 11.2. The van der Waals surface area contributed by atoms with Gasteiger partial charge in [-0.3, -0.25) is 9.19 Å². The molecule has 1 aromatic carbocycles. The molecule has 0 saturated heterocycles. The average molecular weight is 281 g/mol. The van der Waals surface area contributed by atoms with E-state index in [1.165, 1.54) is 0 Å². The van der Waals surface area contributed by atoms with Crippen LogP contribution in [-0.4, -0.2) is 9.19 Å². The first-order chi connectivity index (χ1) is 8.70. The molecule has 1 aromatic heterocycles. The maximum atomic E-state index is 12.2. The van der Waals surface area contributed by atoms with Gasteiger partial charge in [0, 0.05) is 22.7 Å². The molecule has 0 radical (unpaired) electrons. The summed E-state index contributed by atoms with van der Waals surface area (Å²) < 4.78 is 12.2. The summed E-state index contributed by atoms with van der Waals surface area (Å²) in [5.41, 5.74) is 7.31. The fraction of sp³-hybridized carbons (Fsp3) is 0.154. The van der Waals surface area contributed by atoms with Crippen LogP contribution in [-0.2, 0) is 23.1 Å². The van der Waals surface area contributed by atoms with E-state index in [0.717, 1.165) is 11.3 Å². The molecule has 0 aliphatic heterocycles. The normalized spacial score (nSPS) is 12.3. The lowest BCUT2D eigenvalue weighted by Crippen LogP contribution is -2.06. The molecule has 0 bridgehead atoms. The zero-order valence-electron chi connectivity index (χ0n) is 9.67. The highest BCUT2D eigenvalue weighted by atomic mass is 35.5. The molecule has 0 saturated carbocycles. The van der Waals surface area contributed by atoms with Gasteiger partial charge in [-0.25, -0.2) is 0 Å². The third-order valence-corrected chi connectivity index (χ3v) is 4.11. The summed E-state index contributed by atoms with van der Waals surface area (Å²) in [7, 11) is -1.14. The highest BCUT2D eigenvalue weighted by Crippen LogP contribution is 2.17. The topological polar surface area (TPSA) is 56.0 Å². The summed E-state index contributed by atoms with van der Waals surface area (Å²) in [5, 5.41) is 0.589. The molecule has 2 rings (SSSR count). The average Bonchev–Trinajstić information content (AvgIpc) is 2.39. The van der Waals surface area contributed by atoms with Crippen molar-refractivity contribution in [2.45, 2.75) is 17.2 Å².